The van der Waals surface area contributed by atoms with Gasteiger partial charge in [0.2, 0.25) is 10.0 Å². The van der Waals surface area contributed by atoms with Gasteiger partial charge in [0.25, 0.3) is 0 Å². The first-order chi connectivity index (χ1) is 12.5. The molecule has 1 aliphatic heterocycles. The van der Waals surface area contributed by atoms with Crippen LogP contribution in [0, 0.1) is 5.92 Å². The van der Waals surface area contributed by atoms with Crippen molar-refractivity contribution in [1.29, 1.82) is 0 Å². The molecule has 11 heteroatoms. The number of aromatic hydroxyl groups is 1. The van der Waals surface area contributed by atoms with Crippen molar-refractivity contribution in [1.82, 2.24) is 4.90 Å². The number of nitrogens with zero attached hydrogens (tertiary/aromatic N) is 1. The van der Waals surface area contributed by atoms with Gasteiger partial charge >= 0.3 is 0 Å². The molecule has 0 bridgehead atoms. The molecule has 1 aromatic carbocycles. The third-order valence-corrected chi connectivity index (χ3v) is 9.57. The third kappa shape index (κ3) is 5.05. The van der Waals surface area contributed by atoms with Gasteiger partial charge in [-0.05, 0) is 56.1 Å². The van der Waals surface area contributed by atoms with Crippen LogP contribution in [0.15, 0.2) is 32.7 Å². The minimum atomic E-state index is -3.92. The maximum absolute atomic E-state index is 12.6. The lowest BCUT2D eigenvalue weighted by Gasteiger charge is -2.22. The molecule has 0 saturated carbocycles. The van der Waals surface area contributed by atoms with Crippen LogP contribution in [-0.2, 0) is 39.2 Å². The van der Waals surface area contributed by atoms with Crippen LogP contribution >= 0.6 is 23.7 Å². The van der Waals surface area contributed by atoms with E-state index in [1.807, 2.05) is 25.1 Å². The molecule has 0 radical (unpaired) electrons. The summed E-state index contributed by atoms with van der Waals surface area (Å²) in [5.41, 5.74) is 2.24. The number of sulfone groups is 1. The highest BCUT2D eigenvalue weighted by atomic mass is 35.5. The highest BCUT2D eigenvalue weighted by Crippen LogP contribution is 2.37. The second-order valence-corrected chi connectivity index (χ2v) is 12.2. The van der Waals surface area contributed by atoms with Gasteiger partial charge in [-0.2, -0.15) is 0 Å². The molecule has 2 aromatic rings. The Labute approximate surface area is 175 Å². The number of sulfonamides is 1. The van der Waals surface area contributed by atoms with Crippen molar-refractivity contribution >= 4 is 43.6 Å². The predicted octanol–water partition coefficient (Wildman–Crippen LogP) is 1.77. The summed E-state index contributed by atoms with van der Waals surface area (Å²) < 4.78 is 48.3. The fourth-order valence-corrected chi connectivity index (χ4v) is 7.75. The summed E-state index contributed by atoms with van der Waals surface area (Å²) >= 11 is 0.729. The van der Waals surface area contributed by atoms with E-state index in [0.29, 0.717) is 24.9 Å². The highest BCUT2D eigenvalue weighted by Gasteiger charge is 2.34. The number of thiophene rings is 1. The van der Waals surface area contributed by atoms with Crippen molar-refractivity contribution in [2.75, 3.05) is 19.8 Å². The number of primary sulfonamides is 1. The summed E-state index contributed by atoms with van der Waals surface area (Å²) in [4.78, 5) is 1.94. The van der Waals surface area contributed by atoms with Crippen molar-refractivity contribution in [2.45, 2.75) is 27.8 Å². The number of nitrogens with two attached hydrogens (primary N) is 1. The van der Waals surface area contributed by atoms with Gasteiger partial charge in [0.1, 0.15) is 14.2 Å². The van der Waals surface area contributed by atoms with E-state index in [1.54, 1.807) is 12.1 Å². The number of hydrogen-bond donors (Lipinski definition) is 2. The van der Waals surface area contributed by atoms with E-state index in [-0.39, 0.29) is 38.2 Å². The maximum Gasteiger partial charge on any atom is 0.247 e. The zero-order chi connectivity index (χ0) is 20.0. The topological polar surface area (TPSA) is 118 Å². The number of rotatable bonds is 5. The molecule has 7 nitrogen and oxygen atoms in total. The van der Waals surface area contributed by atoms with E-state index in [0.717, 1.165) is 22.5 Å². The summed E-state index contributed by atoms with van der Waals surface area (Å²) in [6.45, 7) is 0.578. The van der Waals surface area contributed by atoms with Crippen LogP contribution in [0.3, 0.4) is 0 Å². The Morgan fingerprint density at radius 2 is 1.96 bits per heavy atom. The lowest BCUT2D eigenvalue weighted by atomic mass is 9.94. The Morgan fingerprint density at radius 3 is 2.57 bits per heavy atom. The number of fused-ring (bicyclic) bond motifs is 1. The van der Waals surface area contributed by atoms with E-state index >= 15 is 0 Å². The Hall–Kier alpha value is -1.17. The molecule has 156 valence electrons. The normalized spacial score (nSPS) is 18.5. The molecular formula is C17H23ClN2O5S3. The first-order valence-electron chi connectivity index (χ1n) is 8.29. The second kappa shape index (κ2) is 8.29. The largest absolute Gasteiger partial charge is 0.508 e. The number of halogens is 1. The van der Waals surface area contributed by atoms with Crippen LogP contribution in [0.5, 0.6) is 5.75 Å². The number of phenolic OH excluding ortho intramolecular Hbond substituents is 1. The fraction of sp³-hybridized carbons (Fsp3) is 0.412. The standard InChI is InChI=1S/C17H22N2O5S3.ClH/c1-19(2)9-14-6-11(3-4-15(14)20)5-12-7-13-8-16(27(18,23)24)25-17(13)26(21,22)10-12;/h3-4,6,8,12,20H,5,7,9-10H2,1-2H3,(H2,18,23,24);1H. The lowest BCUT2D eigenvalue weighted by molar-refractivity contribution is 0.385. The monoisotopic (exact) mass is 466 g/mol. The van der Waals surface area contributed by atoms with Gasteiger partial charge in [0, 0.05) is 12.1 Å². The molecule has 0 spiro atoms. The molecule has 1 atom stereocenters. The van der Waals surface area contributed by atoms with Gasteiger partial charge in [-0.15, -0.1) is 23.7 Å². The lowest BCUT2D eigenvalue weighted by Crippen LogP contribution is -2.25. The molecule has 28 heavy (non-hydrogen) atoms. The van der Waals surface area contributed by atoms with Gasteiger partial charge in [-0.1, -0.05) is 12.1 Å². The van der Waals surface area contributed by atoms with Crippen LogP contribution in [0.1, 0.15) is 16.7 Å². The SMILES string of the molecule is CN(C)Cc1cc(CC2Cc3cc(S(N)(=O)=O)sc3S(=O)(=O)C2)ccc1O.Cl. The van der Waals surface area contributed by atoms with Gasteiger partial charge in [-0.25, -0.2) is 22.0 Å². The first-order valence-corrected chi connectivity index (χ1v) is 12.3. The van der Waals surface area contributed by atoms with Crippen LogP contribution in [0.25, 0.3) is 0 Å². The van der Waals surface area contributed by atoms with E-state index in [2.05, 4.69) is 0 Å². The molecule has 3 N–H and O–H groups in total. The van der Waals surface area contributed by atoms with Crippen LogP contribution in [0.2, 0.25) is 0 Å². The second-order valence-electron chi connectivity index (χ2n) is 7.18. The van der Waals surface area contributed by atoms with Gasteiger partial charge in [-0.3, -0.25) is 0 Å². The van der Waals surface area contributed by atoms with Crippen LogP contribution in [0.4, 0.5) is 0 Å². The Bertz CT molecular complexity index is 1080. The van der Waals surface area contributed by atoms with Gasteiger partial charge in [0.15, 0.2) is 9.84 Å². The van der Waals surface area contributed by atoms with Crippen molar-refractivity contribution in [2.24, 2.45) is 11.1 Å². The van der Waals surface area contributed by atoms with Crippen molar-refractivity contribution < 1.29 is 21.9 Å². The quantitative estimate of drug-likeness (QED) is 0.693. The van der Waals surface area contributed by atoms with Crippen LogP contribution in [-0.4, -0.2) is 46.7 Å². The Morgan fingerprint density at radius 1 is 1.29 bits per heavy atom. The van der Waals surface area contributed by atoms with Crippen LogP contribution < -0.4 is 5.14 Å². The smallest absolute Gasteiger partial charge is 0.247 e. The molecule has 0 fully saturated rings. The molecule has 1 unspecified atom stereocenters. The molecule has 2 heterocycles. The zero-order valence-corrected chi connectivity index (χ0v) is 18.7. The molecule has 0 saturated heterocycles. The summed E-state index contributed by atoms with van der Waals surface area (Å²) in [6, 6.07) is 6.69. The highest BCUT2D eigenvalue weighted by molar-refractivity contribution is 7.95. The summed E-state index contributed by atoms with van der Waals surface area (Å²) in [7, 11) is -3.66. The molecule has 0 aliphatic carbocycles. The maximum atomic E-state index is 12.6. The minimum Gasteiger partial charge on any atom is -0.508 e. The van der Waals surface area contributed by atoms with E-state index in [4.69, 9.17) is 5.14 Å². The zero-order valence-electron chi connectivity index (χ0n) is 15.5. The number of hydrogen-bond acceptors (Lipinski definition) is 7. The summed E-state index contributed by atoms with van der Waals surface area (Å²) in [6.07, 6.45) is 1.00. The molecular weight excluding hydrogens is 444 g/mol. The fourth-order valence-electron chi connectivity index (χ4n) is 3.39. The molecule has 1 aromatic heterocycles. The molecule has 1 aliphatic rings. The van der Waals surface area contributed by atoms with E-state index in [9.17, 15) is 21.9 Å². The van der Waals surface area contributed by atoms with Gasteiger partial charge in [0.05, 0.1) is 5.75 Å². The number of benzene rings is 1. The van der Waals surface area contributed by atoms with E-state index in [1.165, 1.54) is 6.07 Å². The van der Waals surface area contributed by atoms with E-state index < -0.39 is 19.9 Å². The average molecular weight is 467 g/mol. The average Bonchev–Trinajstić information content (AvgIpc) is 2.95. The predicted molar refractivity (Wildman–Crippen MR) is 111 cm³/mol. The molecule has 0 amide bonds. The summed E-state index contributed by atoms with van der Waals surface area (Å²) in [5, 5.41) is 15.1. The third-order valence-electron chi connectivity index (χ3n) is 4.43. The molecule has 3 rings (SSSR count). The van der Waals surface area contributed by atoms with Crippen molar-refractivity contribution in [3.05, 3.63) is 41.0 Å². The first kappa shape index (κ1) is 23.1. The number of phenols is 1. The summed E-state index contributed by atoms with van der Waals surface area (Å²) in [5.74, 6) is 0.0119. The van der Waals surface area contributed by atoms with Crippen molar-refractivity contribution in [3.63, 3.8) is 0 Å². The van der Waals surface area contributed by atoms with Gasteiger partial charge < -0.3 is 10.0 Å². The minimum absolute atomic E-state index is 0. The Balaban J connectivity index is 0.00000280. The Kier molecular flexibility index (Phi) is 6.84. The van der Waals surface area contributed by atoms with Crippen molar-refractivity contribution in [3.8, 4) is 5.75 Å².